The van der Waals surface area contributed by atoms with Gasteiger partial charge in [0.2, 0.25) is 5.29 Å². The molecular formula is C13H12ClN3. The minimum atomic E-state index is 0.359. The molecule has 1 aliphatic rings. The SMILES string of the molecule is Cc1ccc2c3c(c(N)cc(C)c13)N=C(Cl)N2. The third kappa shape index (κ3) is 1.39. The Balaban J connectivity index is 2.58. The van der Waals surface area contributed by atoms with Crippen molar-refractivity contribution in [1.82, 2.24) is 0 Å². The van der Waals surface area contributed by atoms with Crippen molar-refractivity contribution in [3.63, 3.8) is 0 Å². The van der Waals surface area contributed by atoms with E-state index in [1.807, 2.05) is 12.1 Å². The van der Waals surface area contributed by atoms with Gasteiger partial charge in [0.1, 0.15) is 0 Å². The number of amidine groups is 1. The molecule has 0 aromatic heterocycles. The molecule has 0 saturated carbocycles. The fourth-order valence-corrected chi connectivity index (χ4v) is 2.63. The largest absolute Gasteiger partial charge is 0.397 e. The molecule has 0 saturated heterocycles. The van der Waals surface area contributed by atoms with Crippen molar-refractivity contribution in [3.8, 4) is 0 Å². The number of rotatable bonds is 0. The van der Waals surface area contributed by atoms with Crippen molar-refractivity contribution < 1.29 is 0 Å². The molecule has 3 N–H and O–H groups in total. The van der Waals surface area contributed by atoms with Crippen LogP contribution in [0.15, 0.2) is 23.2 Å². The van der Waals surface area contributed by atoms with Gasteiger partial charge in [-0.2, -0.15) is 0 Å². The lowest BCUT2D eigenvalue weighted by Crippen LogP contribution is -2.09. The van der Waals surface area contributed by atoms with Gasteiger partial charge in [-0.3, -0.25) is 0 Å². The number of hydrogen-bond donors (Lipinski definition) is 2. The van der Waals surface area contributed by atoms with E-state index in [0.717, 1.165) is 22.3 Å². The highest BCUT2D eigenvalue weighted by Gasteiger charge is 2.18. The molecule has 2 aromatic carbocycles. The van der Waals surface area contributed by atoms with Gasteiger partial charge in [-0.05, 0) is 54.1 Å². The van der Waals surface area contributed by atoms with Crippen molar-refractivity contribution >= 4 is 44.7 Å². The number of nitrogens with zero attached hydrogens (tertiary/aromatic N) is 1. The maximum Gasteiger partial charge on any atom is 0.201 e. The number of halogens is 1. The van der Waals surface area contributed by atoms with Crippen LogP contribution in [0.25, 0.3) is 10.8 Å². The van der Waals surface area contributed by atoms with Crippen LogP contribution in [0.3, 0.4) is 0 Å². The van der Waals surface area contributed by atoms with Crippen molar-refractivity contribution in [2.45, 2.75) is 13.8 Å². The van der Waals surface area contributed by atoms with E-state index >= 15 is 0 Å². The number of anilines is 2. The van der Waals surface area contributed by atoms with Crippen LogP contribution in [0.5, 0.6) is 0 Å². The summed E-state index contributed by atoms with van der Waals surface area (Å²) in [4.78, 5) is 4.29. The molecule has 3 nitrogen and oxygen atoms in total. The molecule has 0 radical (unpaired) electrons. The van der Waals surface area contributed by atoms with Crippen LogP contribution in [-0.2, 0) is 0 Å². The smallest absolute Gasteiger partial charge is 0.201 e. The van der Waals surface area contributed by atoms with E-state index in [-0.39, 0.29) is 0 Å². The zero-order valence-corrected chi connectivity index (χ0v) is 10.4. The summed E-state index contributed by atoms with van der Waals surface area (Å²) >= 11 is 5.96. The summed E-state index contributed by atoms with van der Waals surface area (Å²) in [5.41, 5.74) is 10.8. The van der Waals surface area contributed by atoms with E-state index in [0.29, 0.717) is 11.0 Å². The minimum Gasteiger partial charge on any atom is -0.397 e. The molecule has 1 heterocycles. The number of aryl methyl sites for hydroxylation is 2. The highest BCUT2D eigenvalue weighted by molar-refractivity contribution is 6.68. The van der Waals surface area contributed by atoms with Crippen LogP contribution in [0, 0.1) is 13.8 Å². The molecular weight excluding hydrogens is 234 g/mol. The summed E-state index contributed by atoms with van der Waals surface area (Å²) in [5.74, 6) is 0. The molecule has 2 aromatic rings. The Labute approximate surface area is 104 Å². The normalized spacial score (nSPS) is 13.5. The zero-order valence-electron chi connectivity index (χ0n) is 9.63. The highest BCUT2D eigenvalue weighted by atomic mass is 35.5. The molecule has 17 heavy (non-hydrogen) atoms. The first kappa shape index (κ1) is 10.4. The Bertz CT molecular complexity index is 674. The number of hydrogen-bond acceptors (Lipinski definition) is 3. The third-order valence-corrected chi connectivity index (χ3v) is 3.32. The zero-order chi connectivity index (χ0) is 12.2. The van der Waals surface area contributed by atoms with Crippen LogP contribution in [0.4, 0.5) is 17.1 Å². The Morgan fingerprint density at radius 3 is 2.71 bits per heavy atom. The number of aliphatic imine (C=N–C) groups is 1. The molecule has 3 rings (SSSR count). The fraction of sp³-hybridized carbons (Fsp3) is 0.154. The molecule has 1 aliphatic heterocycles. The summed E-state index contributed by atoms with van der Waals surface area (Å²) in [5, 5.41) is 5.69. The van der Waals surface area contributed by atoms with Crippen LogP contribution in [0.2, 0.25) is 0 Å². The predicted molar refractivity (Wildman–Crippen MR) is 74.4 cm³/mol. The van der Waals surface area contributed by atoms with Gasteiger partial charge in [0.05, 0.1) is 17.1 Å². The van der Waals surface area contributed by atoms with Gasteiger partial charge in [-0.25, -0.2) is 4.99 Å². The van der Waals surface area contributed by atoms with Gasteiger partial charge in [-0.15, -0.1) is 0 Å². The second-order valence-electron chi connectivity index (χ2n) is 4.34. The molecule has 86 valence electrons. The quantitative estimate of drug-likeness (QED) is 0.549. The van der Waals surface area contributed by atoms with Gasteiger partial charge in [0.25, 0.3) is 0 Å². The van der Waals surface area contributed by atoms with Gasteiger partial charge in [0.15, 0.2) is 0 Å². The molecule has 0 atom stereocenters. The summed E-state index contributed by atoms with van der Waals surface area (Å²) in [7, 11) is 0. The molecule has 0 unspecified atom stereocenters. The molecule has 0 fully saturated rings. The Morgan fingerprint density at radius 2 is 1.94 bits per heavy atom. The number of benzene rings is 2. The number of nitrogens with two attached hydrogens (primary N) is 1. The summed E-state index contributed by atoms with van der Waals surface area (Å²) in [6, 6.07) is 6.04. The molecule has 0 bridgehead atoms. The van der Waals surface area contributed by atoms with Crippen LogP contribution in [0.1, 0.15) is 11.1 Å². The van der Waals surface area contributed by atoms with E-state index in [1.165, 1.54) is 10.9 Å². The van der Waals surface area contributed by atoms with E-state index in [2.05, 4.69) is 30.2 Å². The first-order chi connectivity index (χ1) is 8.08. The van der Waals surface area contributed by atoms with Crippen molar-refractivity contribution in [1.29, 1.82) is 0 Å². The minimum absolute atomic E-state index is 0.359. The lowest BCUT2D eigenvalue weighted by Gasteiger charge is -2.19. The lowest BCUT2D eigenvalue weighted by molar-refractivity contribution is 1.42. The predicted octanol–water partition coefficient (Wildman–Crippen LogP) is 3.69. The Hall–Kier alpha value is -1.74. The molecule has 0 aliphatic carbocycles. The van der Waals surface area contributed by atoms with Gasteiger partial charge in [0, 0.05) is 5.39 Å². The van der Waals surface area contributed by atoms with E-state index in [9.17, 15) is 0 Å². The first-order valence-corrected chi connectivity index (χ1v) is 5.79. The van der Waals surface area contributed by atoms with Crippen molar-refractivity contribution in [2.24, 2.45) is 4.99 Å². The maximum atomic E-state index is 6.02. The van der Waals surface area contributed by atoms with Crippen molar-refractivity contribution in [3.05, 3.63) is 29.3 Å². The standard InChI is InChI=1S/C13H12ClN3/c1-6-3-4-9-11-10(6)7(2)5-8(15)12(11)17-13(14)16-9/h3-5H,15H2,1-2H3,(H,16,17). The Morgan fingerprint density at radius 1 is 1.18 bits per heavy atom. The second kappa shape index (κ2) is 3.37. The van der Waals surface area contributed by atoms with Gasteiger partial charge >= 0.3 is 0 Å². The Kier molecular flexibility index (Phi) is 2.07. The number of nitrogens with one attached hydrogen (secondary N) is 1. The van der Waals surface area contributed by atoms with E-state index in [1.54, 1.807) is 0 Å². The summed E-state index contributed by atoms with van der Waals surface area (Å²) in [6.45, 7) is 4.15. The highest BCUT2D eigenvalue weighted by Crippen LogP contribution is 2.42. The van der Waals surface area contributed by atoms with Crippen LogP contribution in [-0.4, -0.2) is 5.29 Å². The molecule has 0 spiro atoms. The monoisotopic (exact) mass is 245 g/mol. The third-order valence-electron chi connectivity index (χ3n) is 3.14. The van der Waals surface area contributed by atoms with Crippen LogP contribution >= 0.6 is 11.6 Å². The van der Waals surface area contributed by atoms with E-state index < -0.39 is 0 Å². The maximum absolute atomic E-state index is 6.02. The average molecular weight is 246 g/mol. The van der Waals surface area contributed by atoms with Crippen molar-refractivity contribution in [2.75, 3.05) is 11.1 Å². The summed E-state index contributed by atoms with van der Waals surface area (Å²) < 4.78 is 0. The average Bonchev–Trinajstić information content (AvgIpc) is 2.26. The fourth-order valence-electron chi connectivity index (χ4n) is 2.44. The first-order valence-electron chi connectivity index (χ1n) is 5.41. The molecule has 0 amide bonds. The van der Waals surface area contributed by atoms with Crippen LogP contribution < -0.4 is 11.1 Å². The van der Waals surface area contributed by atoms with E-state index in [4.69, 9.17) is 17.3 Å². The van der Waals surface area contributed by atoms with Gasteiger partial charge in [-0.1, -0.05) is 6.07 Å². The number of nitrogen functional groups attached to an aromatic ring is 1. The summed E-state index contributed by atoms with van der Waals surface area (Å²) in [6.07, 6.45) is 0. The lowest BCUT2D eigenvalue weighted by atomic mass is 9.96. The topological polar surface area (TPSA) is 50.4 Å². The molecule has 4 heteroatoms. The second-order valence-corrected chi connectivity index (χ2v) is 4.70. The van der Waals surface area contributed by atoms with Gasteiger partial charge < -0.3 is 11.1 Å².